The lowest BCUT2D eigenvalue weighted by atomic mass is 9.93. The summed E-state index contributed by atoms with van der Waals surface area (Å²) in [4.78, 5) is 36.2. The molecule has 0 aliphatic rings. The van der Waals surface area contributed by atoms with Crippen molar-refractivity contribution in [3.63, 3.8) is 0 Å². The van der Waals surface area contributed by atoms with Crippen LogP contribution in [0.25, 0.3) is 0 Å². The largest absolute Gasteiger partial charge is 0.481 e. The van der Waals surface area contributed by atoms with Crippen molar-refractivity contribution in [3.8, 4) is 5.75 Å². The Balaban J connectivity index is 0.000000571. The smallest absolute Gasteiger partial charge is 0.410 e. The fraction of sp³-hybridized carbons (Fsp3) is 0.500. The van der Waals surface area contributed by atoms with Crippen LogP contribution < -0.4 is 10.1 Å². The van der Waals surface area contributed by atoms with Crippen LogP contribution in [0.5, 0.6) is 5.75 Å². The van der Waals surface area contributed by atoms with Crippen LogP contribution >= 0.6 is 15.6 Å². The van der Waals surface area contributed by atoms with E-state index in [2.05, 4.69) is 14.2 Å². The predicted molar refractivity (Wildman–Crippen MR) is 98.9 cm³/mol. The number of hydrogen-bond donors (Lipinski definition) is 7. The Morgan fingerprint density at radius 2 is 1.66 bits per heavy atom. The summed E-state index contributed by atoms with van der Waals surface area (Å²) in [5, 5.41) is 28.9. The lowest BCUT2D eigenvalue weighted by Gasteiger charge is -2.27. The summed E-state index contributed by atoms with van der Waals surface area (Å²) in [5.41, 5.74) is -0.548. The van der Waals surface area contributed by atoms with Crippen molar-refractivity contribution in [1.29, 1.82) is 0 Å². The predicted octanol–water partition coefficient (Wildman–Crippen LogP) is -0.111. The van der Waals surface area contributed by atoms with Gasteiger partial charge in [0, 0.05) is 7.05 Å². The first-order chi connectivity index (χ1) is 13.3. The Morgan fingerprint density at radius 1 is 1.10 bits per heavy atom. The van der Waals surface area contributed by atoms with Crippen LogP contribution in [-0.4, -0.2) is 69.6 Å². The monoisotopic (exact) mass is 461 g/mol. The zero-order valence-electron chi connectivity index (χ0n) is 15.7. The molecule has 13 nitrogen and oxygen atoms in total. The molecule has 0 aliphatic heterocycles. The molecular formula is C14H25NO12P2. The lowest BCUT2D eigenvalue weighted by Crippen LogP contribution is -2.38. The highest BCUT2D eigenvalue weighted by molar-refractivity contribution is 7.60. The highest BCUT2D eigenvalue weighted by atomic mass is 31.3. The number of carbonyl (C=O) groups is 1. The third kappa shape index (κ3) is 12.0. The summed E-state index contributed by atoms with van der Waals surface area (Å²) in [6, 6.07) is 7.32. The number of phosphoric acid groups is 2. The molecule has 1 aromatic rings. The molecule has 1 aromatic carbocycles. The average Bonchev–Trinajstić information content (AvgIpc) is 2.62. The Morgan fingerprint density at radius 3 is 2.07 bits per heavy atom. The average molecular weight is 461 g/mol. The topological polar surface area (TPSA) is 212 Å². The Labute approximate surface area is 166 Å². The van der Waals surface area contributed by atoms with Crippen LogP contribution in [0, 0.1) is 12.3 Å². The van der Waals surface area contributed by atoms with Crippen LogP contribution in [0.3, 0.4) is 0 Å². The first-order valence-corrected chi connectivity index (χ1v) is 10.9. The van der Waals surface area contributed by atoms with Crippen molar-refractivity contribution in [3.05, 3.63) is 29.8 Å². The number of nitrogens with one attached hydrogen (secondary N) is 1. The van der Waals surface area contributed by atoms with E-state index < -0.39 is 53.6 Å². The third-order valence-electron chi connectivity index (χ3n) is 3.15. The van der Waals surface area contributed by atoms with Gasteiger partial charge in [0.2, 0.25) is 0 Å². The number of amides is 1. The fourth-order valence-electron chi connectivity index (χ4n) is 1.50. The van der Waals surface area contributed by atoms with Gasteiger partial charge in [0.05, 0.1) is 31.8 Å². The Bertz CT molecular complexity index is 725. The molecule has 0 aromatic heterocycles. The molecule has 0 radical (unpaired) electrons. The van der Waals surface area contributed by atoms with Crippen LogP contribution in [0.4, 0.5) is 4.79 Å². The molecule has 0 saturated carbocycles. The number of aliphatic hydroxyl groups is 3. The summed E-state index contributed by atoms with van der Waals surface area (Å²) in [7, 11) is -8.74. The molecule has 1 rings (SSSR count). The third-order valence-corrected chi connectivity index (χ3v) is 5.29. The number of rotatable bonds is 9. The normalized spacial score (nSPS) is 13.7. The van der Waals surface area contributed by atoms with E-state index in [4.69, 9.17) is 34.7 Å². The van der Waals surface area contributed by atoms with E-state index in [1.807, 2.05) is 19.1 Å². The molecule has 0 spiro atoms. The first kappa shape index (κ1) is 27.6. The summed E-state index contributed by atoms with van der Waals surface area (Å²) < 4.78 is 33.8. The van der Waals surface area contributed by atoms with Crippen LogP contribution in [0.2, 0.25) is 0 Å². The lowest BCUT2D eigenvalue weighted by molar-refractivity contribution is -0.0316. The zero-order chi connectivity index (χ0) is 22.7. The van der Waals surface area contributed by atoms with Gasteiger partial charge in [-0.1, -0.05) is 12.1 Å². The Hall–Kier alpha value is -1.37. The van der Waals surface area contributed by atoms with Crippen LogP contribution in [-0.2, 0) is 18.0 Å². The molecule has 168 valence electrons. The van der Waals surface area contributed by atoms with Crippen molar-refractivity contribution in [2.24, 2.45) is 5.41 Å². The number of phosphoric ester groups is 1. The zero-order valence-corrected chi connectivity index (χ0v) is 17.5. The molecule has 0 bridgehead atoms. The highest BCUT2D eigenvalue weighted by Crippen LogP contribution is 2.57. The molecule has 0 fully saturated rings. The number of hydrogen-bond acceptors (Lipinski definition) is 9. The number of benzene rings is 1. The maximum absolute atomic E-state index is 11.0. The van der Waals surface area contributed by atoms with Crippen molar-refractivity contribution in [1.82, 2.24) is 5.32 Å². The molecule has 1 atom stereocenters. The minimum absolute atomic E-state index is 0.444. The summed E-state index contributed by atoms with van der Waals surface area (Å²) in [6.07, 6.45) is -0.444. The van der Waals surface area contributed by atoms with Crippen LogP contribution in [0.15, 0.2) is 24.3 Å². The van der Waals surface area contributed by atoms with Gasteiger partial charge >= 0.3 is 21.7 Å². The molecule has 15 heteroatoms. The molecule has 7 N–H and O–H groups in total. The van der Waals surface area contributed by atoms with Gasteiger partial charge in [-0.2, -0.15) is 4.31 Å². The van der Waals surface area contributed by atoms with E-state index in [9.17, 15) is 13.9 Å². The van der Waals surface area contributed by atoms with Crippen molar-refractivity contribution in [2.75, 3.05) is 33.5 Å². The second-order valence-corrected chi connectivity index (χ2v) is 8.57. The van der Waals surface area contributed by atoms with Crippen molar-refractivity contribution < 1.29 is 57.5 Å². The highest BCUT2D eigenvalue weighted by Gasteiger charge is 2.37. The standard InChI is InChI=1S/C9H11NO2.C5H14O10P2/c1-7-4-3-5-8(6-7)12-9(11)10-2;6-1-5(2-7,3-8)4-14-17(12,13)15-16(9,10)11/h3-6H,1-2H3,(H,10,11);6-8H,1-4H2,(H,12,13)(H2,9,10,11). The van der Waals surface area contributed by atoms with Gasteiger partial charge in [0.25, 0.3) is 0 Å². The van der Waals surface area contributed by atoms with Gasteiger partial charge in [0.15, 0.2) is 0 Å². The van der Waals surface area contributed by atoms with E-state index in [-0.39, 0.29) is 0 Å². The Kier molecular flexibility index (Phi) is 11.8. The number of ether oxygens (including phenoxy) is 1. The number of aryl methyl sites for hydroxylation is 1. The van der Waals surface area contributed by atoms with E-state index in [1.54, 1.807) is 12.1 Å². The van der Waals surface area contributed by atoms with Gasteiger partial charge in [-0.3, -0.25) is 4.52 Å². The molecule has 0 saturated heterocycles. The summed E-state index contributed by atoms with van der Waals surface area (Å²) in [5.74, 6) is 0.564. The minimum Gasteiger partial charge on any atom is -0.410 e. The van der Waals surface area contributed by atoms with Crippen LogP contribution in [0.1, 0.15) is 5.56 Å². The molecule has 1 unspecified atom stereocenters. The van der Waals surface area contributed by atoms with Gasteiger partial charge in [-0.25, -0.2) is 13.9 Å². The fourth-order valence-corrected chi connectivity index (χ4v) is 3.20. The van der Waals surface area contributed by atoms with Crippen molar-refractivity contribution in [2.45, 2.75) is 6.92 Å². The first-order valence-electron chi connectivity index (χ1n) is 7.85. The maximum atomic E-state index is 11.0. The molecule has 29 heavy (non-hydrogen) atoms. The minimum atomic E-state index is -5.22. The van der Waals surface area contributed by atoms with Gasteiger partial charge in [-0.15, -0.1) is 0 Å². The van der Waals surface area contributed by atoms with Gasteiger partial charge in [0.1, 0.15) is 5.75 Å². The molecule has 0 aliphatic carbocycles. The SMILES string of the molecule is CNC(=O)Oc1cccc(C)c1.O=P(O)(O)OP(=O)(O)OCC(CO)(CO)CO. The van der Waals surface area contributed by atoms with E-state index >= 15 is 0 Å². The summed E-state index contributed by atoms with van der Waals surface area (Å²) >= 11 is 0. The maximum Gasteiger partial charge on any atom is 0.481 e. The van der Waals surface area contributed by atoms with E-state index in [1.165, 1.54) is 7.05 Å². The second kappa shape index (κ2) is 12.4. The molecule has 1 amide bonds. The van der Waals surface area contributed by atoms with Gasteiger partial charge < -0.3 is 40.1 Å². The quantitative estimate of drug-likeness (QED) is 0.240. The molecular weight excluding hydrogens is 436 g/mol. The van der Waals surface area contributed by atoms with Crippen molar-refractivity contribution >= 4 is 21.7 Å². The van der Waals surface area contributed by atoms with E-state index in [0.29, 0.717) is 5.75 Å². The number of carbonyl (C=O) groups excluding carboxylic acids is 1. The van der Waals surface area contributed by atoms with Gasteiger partial charge in [-0.05, 0) is 24.6 Å². The number of aliphatic hydroxyl groups excluding tert-OH is 3. The molecule has 0 heterocycles. The van der Waals surface area contributed by atoms with E-state index in [0.717, 1.165) is 5.56 Å². The second-order valence-electron chi connectivity index (χ2n) is 5.74. The summed E-state index contributed by atoms with van der Waals surface area (Å²) in [6.45, 7) is -1.19.